The molecule has 0 unspecified atom stereocenters. The van der Waals surface area contributed by atoms with Gasteiger partial charge in [-0.25, -0.2) is 4.39 Å². The zero-order valence-electron chi connectivity index (χ0n) is 8.74. The molecule has 0 amide bonds. The van der Waals surface area contributed by atoms with Crippen LogP contribution in [0.25, 0.3) is 11.3 Å². The fraction of sp³-hybridized carbons (Fsp3) is 0.182. The smallest absolute Gasteiger partial charge is 0.292 e. The zero-order valence-corrected chi connectivity index (χ0v) is 8.74. The molecule has 0 saturated heterocycles. The zero-order chi connectivity index (χ0) is 11.5. The first-order chi connectivity index (χ1) is 7.70. The van der Waals surface area contributed by atoms with Gasteiger partial charge in [-0.2, -0.15) is 4.98 Å². The summed E-state index contributed by atoms with van der Waals surface area (Å²) < 4.78 is 23.5. The topological polar surface area (TPSA) is 61.3 Å². The first-order valence-corrected chi connectivity index (χ1v) is 4.84. The number of benzene rings is 1. The van der Waals surface area contributed by atoms with Crippen LogP contribution >= 0.6 is 0 Å². The molecule has 5 heteroatoms. The Kier molecular flexibility index (Phi) is 2.76. The maximum absolute atomic E-state index is 13.5. The number of nitrogens with zero attached hydrogens (tertiary/aromatic N) is 1. The number of anilines is 1. The highest BCUT2D eigenvalue weighted by atomic mass is 19.1. The Morgan fingerprint density at radius 3 is 2.88 bits per heavy atom. The summed E-state index contributed by atoms with van der Waals surface area (Å²) in [5.41, 5.74) is 6.43. The van der Waals surface area contributed by atoms with E-state index >= 15 is 0 Å². The van der Waals surface area contributed by atoms with Gasteiger partial charge in [0, 0.05) is 5.56 Å². The van der Waals surface area contributed by atoms with E-state index in [0.717, 1.165) is 0 Å². The first kappa shape index (κ1) is 10.5. The van der Waals surface area contributed by atoms with Gasteiger partial charge in [0.05, 0.1) is 6.61 Å². The lowest BCUT2D eigenvalue weighted by Crippen LogP contribution is -1.94. The first-order valence-electron chi connectivity index (χ1n) is 4.84. The van der Waals surface area contributed by atoms with Crippen LogP contribution in [-0.2, 0) is 0 Å². The molecule has 0 radical (unpaired) electrons. The number of nitrogens with two attached hydrogens (primary N) is 1. The van der Waals surface area contributed by atoms with Crippen LogP contribution in [0.5, 0.6) is 5.75 Å². The Morgan fingerprint density at radius 2 is 2.31 bits per heavy atom. The van der Waals surface area contributed by atoms with E-state index in [2.05, 4.69) is 4.98 Å². The molecule has 0 saturated carbocycles. The molecular formula is C11H11FN2O2. The number of rotatable bonds is 3. The average Bonchev–Trinajstić information content (AvgIpc) is 2.68. The number of halogens is 1. The van der Waals surface area contributed by atoms with Gasteiger partial charge in [0.15, 0.2) is 11.6 Å². The predicted molar refractivity (Wildman–Crippen MR) is 57.5 cm³/mol. The summed E-state index contributed by atoms with van der Waals surface area (Å²) in [6.07, 6.45) is 1.38. The average molecular weight is 222 g/mol. The number of hydrogen-bond donors (Lipinski definition) is 1. The van der Waals surface area contributed by atoms with E-state index in [4.69, 9.17) is 14.9 Å². The van der Waals surface area contributed by atoms with Gasteiger partial charge in [0.1, 0.15) is 12.0 Å². The summed E-state index contributed by atoms with van der Waals surface area (Å²) in [7, 11) is 0. The van der Waals surface area contributed by atoms with Crippen LogP contribution in [0.3, 0.4) is 0 Å². The molecule has 0 aliphatic rings. The van der Waals surface area contributed by atoms with Gasteiger partial charge in [0.2, 0.25) is 0 Å². The van der Waals surface area contributed by atoms with Crippen molar-refractivity contribution in [2.75, 3.05) is 12.3 Å². The minimum Gasteiger partial charge on any atom is -0.491 e. The maximum atomic E-state index is 13.5. The summed E-state index contributed by atoms with van der Waals surface area (Å²) in [6.45, 7) is 2.22. The molecular weight excluding hydrogens is 211 g/mol. The van der Waals surface area contributed by atoms with Gasteiger partial charge in [-0.1, -0.05) is 0 Å². The third kappa shape index (κ3) is 1.98. The van der Waals surface area contributed by atoms with Crippen molar-refractivity contribution in [1.29, 1.82) is 0 Å². The van der Waals surface area contributed by atoms with E-state index < -0.39 is 5.82 Å². The molecule has 0 bridgehead atoms. The molecule has 0 fully saturated rings. The summed E-state index contributed by atoms with van der Waals surface area (Å²) in [5, 5.41) is 0. The summed E-state index contributed by atoms with van der Waals surface area (Å²) >= 11 is 0. The molecule has 0 aliphatic heterocycles. The minimum atomic E-state index is -0.430. The van der Waals surface area contributed by atoms with Crippen molar-refractivity contribution >= 4 is 6.01 Å². The van der Waals surface area contributed by atoms with Crippen LogP contribution < -0.4 is 10.5 Å². The number of aromatic nitrogens is 1. The molecule has 4 nitrogen and oxygen atoms in total. The maximum Gasteiger partial charge on any atom is 0.292 e. The highest BCUT2D eigenvalue weighted by molar-refractivity contribution is 5.60. The third-order valence-corrected chi connectivity index (χ3v) is 2.05. The highest BCUT2D eigenvalue weighted by Crippen LogP contribution is 2.25. The van der Waals surface area contributed by atoms with Crippen LogP contribution in [0.1, 0.15) is 6.92 Å². The Labute approximate surface area is 91.9 Å². The van der Waals surface area contributed by atoms with E-state index in [1.807, 2.05) is 0 Å². The van der Waals surface area contributed by atoms with Crippen molar-refractivity contribution in [3.05, 3.63) is 30.3 Å². The van der Waals surface area contributed by atoms with Gasteiger partial charge >= 0.3 is 0 Å². The van der Waals surface area contributed by atoms with Gasteiger partial charge in [0.25, 0.3) is 6.01 Å². The molecule has 1 aromatic heterocycles. The van der Waals surface area contributed by atoms with E-state index in [9.17, 15) is 4.39 Å². The van der Waals surface area contributed by atoms with Crippen molar-refractivity contribution in [3.8, 4) is 17.0 Å². The monoisotopic (exact) mass is 222 g/mol. The molecule has 0 spiro atoms. The minimum absolute atomic E-state index is 0.0595. The highest BCUT2D eigenvalue weighted by Gasteiger charge is 2.08. The Hall–Kier alpha value is -2.04. The summed E-state index contributed by atoms with van der Waals surface area (Å²) in [4.78, 5) is 3.90. The molecule has 2 rings (SSSR count). The van der Waals surface area contributed by atoms with Crippen LogP contribution in [0.2, 0.25) is 0 Å². The molecule has 0 aliphatic carbocycles. The van der Waals surface area contributed by atoms with Crippen molar-refractivity contribution in [1.82, 2.24) is 4.98 Å². The van der Waals surface area contributed by atoms with E-state index in [1.165, 1.54) is 12.3 Å². The van der Waals surface area contributed by atoms with E-state index in [0.29, 0.717) is 17.9 Å². The Morgan fingerprint density at radius 1 is 1.50 bits per heavy atom. The third-order valence-electron chi connectivity index (χ3n) is 2.05. The summed E-state index contributed by atoms with van der Waals surface area (Å²) in [6, 6.07) is 4.65. The number of nitrogen functional groups attached to an aromatic ring is 1. The molecule has 1 aromatic carbocycles. The van der Waals surface area contributed by atoms with Crippen molar-refractivity contribution in [3.63, 3.8) is 0 Å². The lowest BCUT2D eigenvalue weighted by molar-refractivity contribution is 0.321. The standard InChI is InChI=1S/C11H11FN2O2/c1-2-15-10-4-3-7(5-8(10)12)9-6-16-11(13)14-9/h3-6H,2H2,1H3,(H2,13,14). The Bertz CT molecular complexity index is 496. The Balaban J connectivity index is 2.34. The molecule has 16 heavy (non-hydrogen) atoms. The van der Waals surface area contributed by atoms with Crippen molar-refractivity contribution in [2.24, 2.45) is 0 Å². The lowest BCUT2D eigenvalue weighted by Gasteiger charge is -2.04. The van der Waals surface area contributed by atoms with Crippen LogP contribution in [-0.4, -0.2) is 11.6 Å². The molecule has 0 atom stereocenters. The van der Waals surface area contributed by atoms with Gasteiger partial charge < -0.3 is 14.9 Å². The van der Waals surface area contributed by atoms with Crippen LogP contribution in [0, 0.1) is 5.82 Å². The van der Waals surface area contributed by atoms with Gasteiger partial charge in [-0.15, -0.1) is 0 Å². The molecule has 1 heterocycles. The second-order valence-electron chi connectivity index (χ2n) is 3.15. The molecule has 2 aromatic rings. The van der Waals surface area contributed by atoms with Gasteiger partial charge in [-0.3, -0.25) is 0 Å². The molecule has 2 N–H and O–H groups in total. The number of hydrogen-bond acceptors (Lipinski definition) is 4. The number of ether oxygens (including phenoxy) is 1. The SMILES string of the molecule is CCOc1ccc(-c2coc(N)n2)cc1F. The van der Waals surface area contributed by atoms with Crippen molar-refractivity contribution in [2.45, 2.75) is 6.92 Å². The van der Waals surface area contributed by atoms with Gasteiger partial charge in [-0.05, 0) is 25.1 Å². The second-order valence-corrected chi connectivity index (χ2v) is 3.15. The van der Waals surface area contributed by atoms with Crippen LogP contribution in [0.15, 0.2) is 28.9 Å². The second kappa shape index (κ2) is 4.22. The quantitative estimate of drug-likeness (QED) is 0.866. The van der Waals surface area contributed by atoms with Crippen molar-refractivity contribution < 1.29 is 13.5 Å². The largest absolute Gasteiger partial charge is 0.491 e. The lowest BCUT2D eigenvalue weighted by atomic mass is 10.1. The predicted octanol–water partition coefficient (Wildman–Crippen LogP) is 2.46. The molecule has 84 valence electrons. The normalized spacial score (nSPS) is 10.4. The number of oxazole rings is 1. The summed E-state index contributed by atoms with van der Waals surface area (Å²) in [5.74, 6) is -0.205. The fourth-order valence-corrected chi connectivity index (χ4v) is 1.35. The van der Waals surface area contributed by atoms with E-state index in [1.54, 1.807) is 19.1 Å². The van der Waals surface area contributed by atoms with Crippen LogP contribution in [0.4, 0.5) is 10.4 Å². The van der Waals surface area contributed by atoms with E-state index in [-0.39, 0.29) is 11.8 Å². The fourth-order valence-electron chi connectivity index (χ4n) is 1.35.